The van der Waals surface area contributed by atoms with Gasteiger partial charge in [0, 0.05) is 6.07 Å². The fourth-order valence-electron chi connectivity index (χ4n) is 1.30. The van der Waals surface area contributed by atoms with E-state index in [0.717, 1.165) is 12.1 Å². The molecule has 0 aromatic heterocycles. The summed E-state index contributed by atoms with van der Waals surface area (Å²) >= 11 is 0. The summed E-state index contributed by atoms with van der Waals surface area (Å²) in [4.78, 5) is 0. The summed E-state index contributed by atoms with van der Waals surface area (Å²) in [5.41, 5.74) is 0.947. The van der Waals surface area contributed by atoms with Crippen molar-refractivity contribution in [2.45, 2.75) is 34.1 Å². The van der Waals surface area contributed by atoms with Crippen molar-refractivity contribution >= 4 is 0 Å². The van der Waals surface area contributed by atoms with Crippen LogP contribution < -0.4 is 0 Å². The molecule has 21 heavy (non-hydrogen) atoms. The molecule has 2 aromatic rings. The summed E-state index contributed by atoms with van der Waals surface area (Å²) in [5, 5.41) is 0. The summed E-state index contributed by atoms with van der Waals surface area (Å²) in [6, 6.07) is 7.52. The molecule has 0 aliphatic rings. The first-order chi connectivity index (χ1) is 9.81. The molecule has 2 aromatic carbocycles. The van der Waals surface area contributed by atoms with Gasteiger partial charge in [0.25, 0.3) is 0 Å². The van der Waals surface area contributed by atoms with Crippen LogP contribution in [0.5, 0.6) is 0 Å². The first kappa shape index (κ1) is 19.2. The molecular weight excluding hydrogens is 280 g/mol. The number of hydrogen-bond acceptors (Lipinski definition) is 0. The highest BCUT2D eigenvalue weighted by molar-refractivity contribution is 5.16. The third-order valence-electron chi connectivity index (χ3n) is 2.15. The van der Waals surface area contributed by atoms with Crippen molar-refractivity contribution in [3.8, 4) is 0 Å². The predicted molar refractivity (Wildman–Crippen MR) is 78.2 cm³/mol. The zero-order chi connectivity index (χ0) is 16.4. The quantitative estimate of drug-likeness (QED) is 0.526. The second-order valence-electron chi connectivity index (χ2n) is 4.52. The molecule has 0 aliphatic heterocycles. The van der Waals surface area contributed by atoms with Crippen molar-refractivity contribution in [3.05, 3.63) is 70.8 Å². The third-order valence-corrected chi connectivity index (χ3v) is 2.15. The van der Waals surface area contributed by atoms with E-state index < -0.39 is 23.3 Å². The van der Waals surface area contributed by atoms with Gasteiger partial charge in [0.05, 0.1) is 0 Å². The summed E-state index contributed by atoms with van der Waals surface area (Å²) in [6.45, 7) is 7.42. The Bertz CT molecular complexity index is 480. The first-order valence-electron chi connectivity index (χ1n) is 6.65. The highest BCUT2D eigenvalue weighted by Gasteiger charge is 2.00. The third kappa shape index (κ3) is 8.12. The molecule has 0 spiro atoms. The average molecular weight is 300 g/mol. The highest BCUT2D eigenvalue weighted by Crippen LogP contribution is 2.08. The topological polar surface area (TPSA) is 0 Å². The Hall–Kier alpha value is -1.84. The maximum absolute atomic E-state index is 12.4. The molecule has 0 amide bonds. The van der Waals surface area contributed by atoms with Crippen molar-refractivity contribution in [1.29, 1.82) is 0 Å². The summed E-state index contributed by atoms with van der Waals surface area (Å²) in [7, 11) is 0. The van der Waals surface area contributed by atoms with Crippen molar-refractivity contribution in [2.75, 3.05) is 0 Å². The van der Waals surface area contributed by atoms with Gasteiger partial charge in [0.1, 0.15) is 11.6 Å². The molecule has 2 rings (SSSR count). The minimum Gasteiger partial charge on any atom is -0.207 e. The van der Waals surface area contributed by atoms with Gasteiger partial charge in [-0.3, -0.25) is 0 Å². The van der Waals surface area contributed by atoms with Crippen LogP contribution in [0.15, 0.2) is 36.4 Å². The number of benzene rings is 2. The Balaban J connectivity index is 0.000000322. The molecule has 0 unspecified atom stereocenters. The number of rotatable bonds is 0. The van der Waals surface area contributed by atoms with Gasteiger partial charge in [-0.25, -0.2) is 17.6 Å². The monoisotopic (exact) mass is 300 g/mol. The van der Waals surface area contributed by atoms with Crippen LogP contribution in [0.25, 0.3) is 0 Å². The Labute approximate surface area is 123 Å². The molecule has 0 radical (unpaired) electrons. The van der Waals surface area contributed by atoms with Gasteiger partial charge in [-0.05, 0) is 43.2 Å². The Morgan fingerprint density at radius 3 is 1.62 bits per heavy atom. The molecule has 116 valence electrons. The largest absolute Gasteiger partial charge is 0.207 e. The van der Waals surface area contributed by atoms with Crippen molar-refractivity contribution in [1.82, 2.24) is 0 Å². The minimum atomic E-state index is -0.782. The number of aryl methyl sites for hydroxylation is 2. The smallest absolute Gasteiger partial charge is 0.161 e. The first-order valence-corrected chi connectivity index (χ1v) is 6.65. The Kier molecular flexibility index (Phi) is 9.10. The van der Waals surface area contributed by atoms with Crippen LogP contribution in [0.2, 0.25) is 0 Å². The number of halogens is 4. The van der Waals surface area contributed by atoms with Crippen LogP contribution in [0.3, 0.4) is 0 Å². The lowest BCUT2D eigenvalue weighted by atomic mass is 10.2. The maximum atomic E-state index is 12.4. The second kappa shape index (κ2) is 9.97. The van der Waals surface area contributed by atoms with E-state index in [4.69, 9.17) is 0 Å². The lowest BCUT2D eigenvalue weighted by Gasteiger charge is -1.93. The average Bonchev–Trinajstić information content (AvgIpc) is 2.36. The van der Waals surface area contributed by atoms with E-state index in [2.05, 4.69) is 13.8 Å². The van der Waals surface area contributed by atoms with E-state index in [1.807, 2.05) is 0 Å². The molecular formula is C17H20F4. The molecule has 0 heterocycles. The molecule has 0 saturated carbocycles. The van der Waals surface area contributed by atoms with Crippen LogP contribution in [0.4, 0.5) is 17.6 Å². The Morgan fingerprint density at radius 1 is 0.810 bits per heavy atom. The van der Waals surface area contributed by atoms with E-state index in [1.165, 1.54) is 37.6 Å². The van der Waals surface area contributed by atoms with E-state index in [1.54, 1.807) is 6.92 Å². The molecule has 0 saturated heterocycles. The highest BCUT2D eigenvalue weighted by atomic mass is 19.2. The SMILES string of the molecule is CCC.Cc1cc(F)cc(F)c1.Cc1cccc(F)c1F. The van der Waals surface area contributed by atoms with E-state index in [-0.39, 0.29) is 0 Å². The molecule has 0 atom stereocenters. The van der Waals surface area contributed by atoms with Crippen LogP contribution in [0, 0.1) is 37.1 Å². The van der Waals surface area contributed by atoms with Gasteiger partial charge >= 0.3 is 0 Å². The standard InChI is InChI=1S/2C7H6F2.C3H8/c1-5-2-6(8)4-7(9)3-5;1-5-3-2-4-6(8)7(5)9;1-3-2/h2*2-4H,1H3;3H2,1-2H3. The van der Waals surface area contributed by atoms with E-state index in [0.29, 0.717) is 11.1 Å². The minimum absolute atomic E-state index is 0.343. The van der Waals surface area contributed by atoms with Crippen LogP contribution in [-0.2, 0) is 0 Å². The maximum Gasteiger partial charge on any atom is 0.161 e. The molecule has 4 heteroatoms. The summed E-state index contributed by atoms with van der Waals surface area (Å²) < 4.78 is 48.9. The summed E-state index contributed by atoms with van der Waals surface area (Å²) in [5.74, 6) is -2.58. The van der Waals surface area contributed by atoms with Crippen molar-refractivity contribution in [2.24, 2.45) is 0 Å². The molecule has 0 aliphatic carbocycles. The van der Waals surface area contributed by atoms with Gasteiger partial charge in [0.15, 0.2) is 11.6 Å². The summed E-state index contributed by atoms with van der Waals surface area (Å²) in [6.07, 6.45) is 1.25. The van der Waals surface area contributed by atoms with Gasteiger partial charge < -0.3 is 0 Å². The van der Waals surface area contributed by atoms with Gasteiger partial charge in [-0.15, -0.1) is 0 Å². The normalized spacial score (nSPS) is 9.14. The van der Waals surface area contributed by atoms with Gasteiger partial charge in [-0.1, -0.05) is 32.4 Å². The van der Waals surface area contributed by atoms with Crippen molar-refractivity contribution in [3.63, 3.8) is 0 Å². The zero-order valence-corrected chi connectivity index (χ0v) is 12.7. The second-order valence-corrected chi connectivity index (χ2v) is 4.52. The molecule has 0 fully saturated rings. The van der Waals surface area contributed by atoms with Crippen molar-refractivity contribution < 1.29 is 17.6 Å². The fraction of sp³-hybridized carbons (Fsp3) is 0.294. The van der Waals surface area contributed by atoms with E-state index in [9.17, 15) is 17.6 Å². The van der Waals surface area contributed by atoms with Gasteiger partial charge in [-0.2, -0.15) is 0 Å². The fourth-order valence-corrected chi connectivity index (χ4v) is 1.30. The van der Waals surface area contributed by atoms with Crippen LogP contribution in [0.1, 0.15) is 31.4 Å². The van der Waals surface area contributed by atoms with E-state index >= 15 is 0 Å². The lowest BCUT2D eigenvalue weighted by Crippen LogP contribution is -1.85. The predicted octanol–water partition coefficient (Wildman–Crippen LogP) is 5.96. The van der Waals surface area contributed by atoms with Crippen LogP contribution >= 0.6 is 0 Å². The zero-order valence-electron chi connectivity index (χ0n) is 12.7. The van der Waals surface area contributed by atoms with Gasteiger partial charge in [0.2, 0.25) is 0 Å². The van der Waals surface area contributed by atoms with Crippen LogP contribution in [-0.4, -0.2) is 0 Å². The Morgan fingerprint density at radius 2 is 1.29 bits per heavy atom. The molecule has 0 nitrogen and oxygen atoms in total. The lowest BCUT2D eigenvalue weighted by molar-refractivity contribution is 0.503. The number of hydrogen-bond donors (Lipinski definition) is 0. The molecule has 0 N–H and O–H groups in total. The molecule has 0 bridgehead atoms.